The topological polar surface area (TPSA) is 70.6 Å². The van der Waals surface area contributed by atoms with Crippen LogP contribution in [0.1, 0.15) is 51.0 Å². The fraction of sp³-hybridized carbons (Fsp3) is 0.684. The zero-order valence-corrected chi connectivity index (χ0v) is 16.4. The monoisotopic (exact) mass is 379 g/mol. The van der Waals surface area contributed by atoms with E-state index in [1.54, 1.807) is 16.7 Å². The molecule has 2 aliphatic heterocycles. The van der Waals surface area contributed by atoms with E-state index in [1.165, 1.54) is 0 Å². The number of hydrogen-bond donors (Lipinski definition) is 0. The van der Waals surface area contributed by atoms with Crippen molar-refractivity contribution < 1.29 is 13.2 Å². The van der Waals surface area contributed by atoms with E-state index in [1.807, 2.05) is 24.0 Å². The molecule has 3 heterocycles. The highest BCUT2D eigenvalue weighted by Crippen LogP contribution is 2.40. The van der Waals surface area contributed by atoms with Crippen molar-refractivity contribution in [3.8, 4) is 0 Å². The molecule has 3 rings (SSSR count). The van der Waals surface area contributed by atoms with Gasteiger partial charge in [0.2, 0.25) is 15.9 Å². The molecule has 0 unspecified atom stereocenters. The van der Waals surface area contributed by atoms with Crippen LogP contribution in [0.25, 0.3) is 0 Å². The molecular formula is C19H29N3O3S. The van der Waals surface area contributed by atoms with Crippen LogP contribution in [-0.2, 0) is 21.4 Å². The van der Waals surface area contributed by atoms with Crippen LogP contribution in [0.2, 0.25) is 0 Å². The van der Waals surface area contributed by atoms with Gasteiger partial charge in [0.05, 0.1) is 5.75 Å². The predicted molar refractivity (Wildman–Crippen MR) is 101 cm³/mol. The summed E-state index contributed by atoms with van der Waals surface area (Å²) in [6.07, 6.45) is 8.26. The molecule has 26 heavy (non-hydrogen) atoms. The zero-order valence-electron chi connectivity index (χ0n) is 15.6. The summed E-state index contributed by atoms with van der Waals surface area (Å²) >= 11 is 0. The first kappa shape index (κ1) is 19.3. The van der Waals surface area contributed by atoms with Gasteiger partial charge in [-0.15, -0.1) is 0 Å². The zero-order chi connectivity index (χ0) is 18.6. The van der Waals surface area contributed by atoms with Gasteiger partial charge >= 0.3 is 0 Å². The number of likely N-dealkylation sites (tertiary alicyclic amines) is 1. The molecule has 0 saturated carbocycles. The number of carbonyl (C=O) groups excluding carboxylic acids is 1. The Hall–Kier alpha value is -1.47. The Bertz CT molecular complexity index is 723. The molecular weight excluding hydrogens is 350 g/mol. The van der Waals surface area contributed by atoms with Gasteiger partial charge in [-0.25, -0.2) is 12.7 Å². The Labute approximate surface area is 156 Å². The summed E-state index contributed by atoms with van der Waals surface area (Å²) in [6.45, 7) is 4.37. The maximum Gasteiger partial charge on any atom is 0.222 e. The molecule has 1 aromatic heterocycles. The summed E-state index contributed by atoms with van der Waals surface area (Å²) in [5.74, 6) is 0.392. The molecule has 1 aromatic rings. The highest BCUT2D eigenvalue weighted by molar-refractivity contribution is 7.89. The summed E-state index contributed by atoms with van der Waals surface area (Å²) in [5.41, 5.74) is 0.911. The molecule has 1 amide bonds. The first-order valence-corrected chi connectivity index (χ1v) is 11.2. The molecule has 144 valence electrons. The number of unbranched alkanes of at least 4 members (excludes halogenated alkanes) is 1. The Morgan fingerprint density at radius 3 is 2.85 bits per heavy atom. The van der Waals surface area contributed by atoms with Crippen LogP contribution < -0.4 is 0 Å². The number of hydrogen-bond acceptors (Lipinski definition) is 4. The second-order valence-electron chi connectivity index (χ2n) is 7.72. The Morgan fingerprint density at radius 2 is 2.12 bits per heavy atom. The Balaban J connectivity index is 1.71. The fourth-order valence-electron chi connectivity index (χ4n) is 4.15. The Kier molecular flexibility index (Phi) is 5.97. The second kappa shape index (κ2) is 8.05. The normalized spacial score (nSPS) is 25.0. The van der Waals surface area contributed by atoms with E-state index < -0.39 is 10.0 Å². The fourth-order valence-corrected chi connectivity index (χ4v) is 5.94. The molecule has 0 bridgehead atoms. The van der Waals surface area contributed by atoms with Gasteiger partial charge in [-0.2, -0.15) is 0 Å². The van der Waals surface area contributed by atoms with E-state index in [2.05, 4.69) is 4.98 Å². The van der Waals surface area contributed by atoms with Crippen molar-refractivity contribution in [2.45, 2.75) is 52.0 Å². The highest BCUT2D eigenvalue weighted by Gasteiger charge is 2.44. The van der Waals surface area contributed by atoms with Crippen LogP contribution >= 0.6 is 0 Å². The van der Waals surface area contributed by atoms with Crippen LogP contribution in [0.4, 0.5) is 0 Å². The van der Waals surface area contributed by atoms with Gasteiger partial charge in [0.1, 0.15) is 0 Å². The molecule has 2 fully saturated rings. The van der Waals surface area contributed by atoms with Gasteiger partial charge in [-0.1, -0.05) is 19.4 Å². The lowest BCUT2D eigenvalue weighted by molar-refractivity contribution is -0.139. The molecule has 7 heteroatoms. The van der Waals surface area contributed by atoms with Crippen LogP contribution in [0.15, 0.2) is 24.5 Å². The second-order valence-corrected chi connectivity index (χ2v) is 9.81. The Morgan fingerprint density at radius 1 is 1.27 bits per heavy atom. The molecule has 1 spiro atoms. The molecule has 2 saturated heterocycles. The molecule has 0 aliphatic carbocycles. The predicted octanol–water partition coefficient (Wildman–Crippen LogP) is 2.42. The standard InChI is InChI=1S/C19H29N3O3S/c1-2-3-12-26(24,25)22-11-5-8-19(16-22)9-7-18(23)21(15-19)14-17-6-4-10-20-13-17/h4,6,10,13H,2-3,5,7-9,11-12,14-16H2,1H3/t19-/m1/s1. The largest absolute Gasteiger partial charge is 0.338 e. The number of rotatable bonds is 6. The highest BCUT2D eigenvalue weighted by atomic mass is 32.2. The van der Waals surface area contributed by atoms with Crippen LogP contribution in [0.5, 0.6) is 0 Å². The van der Waals surface area contributed by atoms with E-state index in [0.717, 1.165) is 31.2 Å². The summed E-state index contributed by atoms with van der Waals surface area (Å²) in [6, 6.07) is 3.85. The number of nitrogens with zero attached hydrogens (tertiary/aromatic N) is 3. The van der Waals surface area contributed by atoms with Crippen LogP contribution in [-0.4, -0.2) is 53.9 Å². The first-order chi connectivity index (χ1) is 12.4. The van der Waals surface area contributed by atoms with Gasteiger partial charge in [-0.05, 0) is 37.3 Å². The maximum absolute atomic E-state index is 12.6. The molecule has 2 aliphatic rings. The van der Waals surface area contributed by atoms with Gasteiger partial charge in [0.15, 0.2) is 0 Å². The minimum Gasteiger partial charge on any atom is -0.338 e. The number of aromatic nitrogens is 1. The van der Waals surface area contributed by atoms with E-state index in [0.29, 0.717) is 39.0 Å². The summed E-state index contributed by atoms with van der Waals surface area (Å²) in [4.78, 5) is 18.4. The quantitative estimate of drug-likeness (QED) is 0.761. The minimum atomic E-state index is -3.19. The van der Waals surface area contributed by atoms with Gasteiger partial charge in [0.25, 0.3) is 0 Å². The van der Waals surface area contributed by atoms with Crippen molar-refractivity contribution >= 4 is 15.9 Å². The number of pyridine rings is 1. The lowest BCUT2D eigenvalue weighted by Crippen LogP contribution is -2.55. The van der Waals surface area contributed by atoms with Crippen molar-refractivity contribution in [3.63, 3.8) is 0 Å². The number of sulfonamides is 1. The third-order valence-corrected chi connectivity index (χ3v) is 7.52. The van der Waals surface area contributed by atoms with Crippen molar-refractivity contribution in [2.24, 2.45) is 5.41 Å². The first-order valence-electron chi connectivity index (χ1n) is 9.59. The number of amides is 1. The molecule has 0 N–H and O–H groups in total. The molecule has 1 atom stereocenters. The molecule has 0 radical (unpaired) electrons. The van der Waals surface area contributed by atoms with Gasteiger partial charge in [-0.3, -0.25) is 9.78 Å². The third-order valence-electron chi connectivity index (χ3n) is 5.62. The van der Waals surface area contributed by atoms with Crippen molar-refractivity contribution in [1.82, 2.24) is 14.2 Å². The summed E-state index contributed by atoms with van der Waals surface area (Å²) in [5, 5.41) is 0. The van der Waals surface area contributed by atoms with Gasteiger partial charge in [0, 0.05) is 50.4 Å². The lowest BCUT2D eigenvalue weighted by Gasteiger charge is -2.47. The average Bonchev–Trinajstić information content (AvgIpc) is 2.64. The summed E-state index contributed by atoms with van der Waals surface area (Å²) in [7, 11) is -3.19. The smallest absolute Gasteiger partial charge is 0.222 e. The van der Waals surface area contributed by atoms with Crippen molar-refractivity contribution in [2.75, 3.05) is 25.4 Å². The summed E-state index contributed by atoms with van der Waals surface area (Å²) < 4.78 is 27.0. The van der Waals surface area contributed by atoms with E-state index in [9.17, 15) is 13.2 Å². The van der Waals surface area contributed by atoms with Crippen LogP contribution in [0.3, 0.4) is 0 Å². The lowest BCUT2D eigenvalue weighted by atomic mass is 9.74. The van der Waals surface area contributed by atoms with E-state index >= 15 is 0 Å². The van der Waals surface area contributed by atoms with Gasteiger partial charge < -0.3 is 4.90 Å². The van der Waals surface area contributed by atoms with E-state index in [-0.39, 0.29) is 17.1 Å². The van der Waals surface area contributed by atoms with Crippen molar-refractivity contribution in [1.29, 1.82) is 0 Å². The SMILES string of the molecule is CCCCS(=O)(=O)N1CCC[C@]2(CCC(=O)N(Cc3cccnc3)C2)C1. The minimum absolute atomic E-state index is 0.104. The maximum atomic E-state index is 12.6. The van der Waals surface area contributed by atoms with Crippen LogP contribution in [0, 0.1) is 5.41 Å². The number of carbonyl (C=O) groups is 1. The average molecular weight is 380 g/mol. The number of piperidine rings is 2. The molecule has 0 aromatic carbocycles. The van der Waals surface area contributed by atoms with E-state index in [4.69, 9.17) is 0 Å². The molecule has 6 nitrogen and oxygen atoms in total. The van der Waals surface area contributed by atoms with Crippen molar-refractivity contribution in [3.05, 3.63) is 30.1 Å². The third kappa shape index (κ3) is 4.43.